The van der Waals surface area contributed by atoms with E-state index in [9.17, 15) is 22.4 Å². The van der Waals surface area contributed by atoms with Gasteiger partial charge in [0.05, 0.1) is 0 Å². The van der Waals surface area contributed by atoms with E-state index in [1.54, 1.807) is 0 Å². The molecule has 114 valence electrons. The molecule has 0 radical (unpaired) electrons. The molecule has 1 aromatic rings. The number of aliphatic carboxylic acids is 1. The fraction of sp³-hybridized carbons (Fsp3) is 0.333. The Morgan fingerprint density at radius 3 is 2.71 bits per heavy atom. The molecule has 0 spiro atoms. The number of fused-ring (bicyclic) bond motifs is 1. The summed E-state index contributed by atoms with van der Waals surface area (Å²) in [5.41, 5.74) is 0.716. The number of rotatable bonds is 4. The van der Waals surface area contributed by atoms with Crippen LogP contribution < -0.4 is 10.0 Å². The van der Waals surface area contributed by atoms with E-state index in [0.717, 1.165) is 19.1 Å². The third kappa shape index (κ3) is 3.19. The molecule has 1 aromatic carbocycles. The summed E-state index contributed by atoms with van der Waals surface area (Å²) in [6.07, 6.45) is 0.468. The van der Waals surface area contributed by atoms with Gasteiger partial charge in [-0.05, 0) is 31.0 Å². The Balaban J connectivity index is 2.40. The fourth-order valence-corrected chi connectivity index (χ4v) is 3.24. The van der Waals surface area contributed by atoms with Crippen LogP contribution in [-0.4, -0.2) is 31.4 Å². The molecule has 9 heteroatoms. The van der Waals surface area contributed by atoms with Crippen LogP contribution in [0.2, 0.25) is 0 Å². The molecular formula is C12H13FN2O5S. The average molecular weight is 316 g/mol. The Morgan fingerprint density at radius 2 is 2.10 bits per heavy atom. The van der Waals surface area contributed by atoms with Gasteiger partial charge in [-0.15, -0.1) is 0 Å². The van der Waals surface area contributed by atoms with E-state index < -0.39 is 32.7 Å². The van der Waals surface area contributed by atoms with E-state index in [0.29, 0.717) is 12.0 Å². The molecule has 0 fully saturated rings. The van der Waals surface area contributed by atoms with Crippen molar-refractivity contribution in [1.29, 1.82) is 0 Å². The summed E-state index contributed by atoms with van der Waals surface area (Å²) in [7, 11) is -4.30. The summed E-state index contributed by atoms with van der Waals surface area (Å²) in [6, 6.07) is 0.651. The molecule has 2 rings (SSSR count). The summed E-state index contributed by atoms with van der Waals surface area (Å²) in [4.78, 5) is 21.3. The van der Waals surface area contributed by atoms with Gasteiger partial charge in [0.25, 0.3) is 0 Å². The van der Waals surface area contributed by atoms with E-state index in [4.69, 9.17) is 5.11 Å². The lowest BCUT2D eigenvalue weighted by Crippen LogP contribution is -2.38. The number of amides is 1. The lowest BCUT2D eigenvalue weighted by Gasteiger charge is -2.19. The first-order valence-corrected chi connectivity index (χ1v) is 7.56. The van der Waals surface area contributed by atoms with Crippen LogP contribution in [0.5, 0.6) is 0 Å². The van der Waals surface area contributed by atoms with Crippen molar-refractivity contribution in [2.45, 2.75) is 30.7 Å². The zero-order valence-electron chi connectivity index (χ0n) is 11.0. The minimum atomic E-state index is -4.30. The number of sulfonamides is 1. The molecule has 1 heterocycles. The molecule has 0 saturated heterocycles. The molecule has 3 N–H and O–H groups in total. The van der Waals surface area contributed by atoms with Crippen molar-refractivity contribution in [3.05, 3.63) is 23.5 Å². The second-order valence-electron chi connectivity index (χ2n) is 4.67. The van der Waals surface area contributed by atoms with E-state index in [2.05, 4.69) is 5.32 Å². The van der Waals surface area contributed by atoms with Crippen molar-refractivity contribution >= 4 is 27.6 Å². The topological polar surface area (TPSA) is 113 Å². The zero-order chi connectivity index (χ0) is 15.8. The van der Waals surface area contributed by atoms with E-state index in [-0.39, 0.29) is 18.0 Å². The highest BCUT2D eigenvalue weighted by atomic mass is 32.2. The summed E-state index contributed by atoms with van der Waals surface area (Å²) >= 11 is 0. The van der Waals surface area contributed by atoms with Crippen molar-refractivity contribution in [3.8, 4) is 0 Å². The first kappa shape index (κ1) is 15.4. The van der Waals surface area contributed by atoms with Crippen LogP contribution in [0.4, 0.5) is 10.1 Å². The van der Waals surface area contributed by atoms with Crippen LogP contribution in [-0.2, 0) is 26.0 Å². The second-order valence-corrected chi connectivity index (χ2v) is 6.35. The minimum absolute atomic E-state index is 0.178. The number of carboxylic acid groups (broad SMARTS) is 1. The lowest BCUT2D eigenvalue weighted by molar-refractivity contribution is -0.138. The van der Waals surface area contributed by atoms with Gasteiger partial charge in [-0.25, -0.2) is 12.8 Å². The number of nitrogens with one attached hydrogen (secondary N) is 2. The minimum Gasteiger partial charge on any atom is -0.480 e. The highest BCUT2D eigenvalue weighted by Gasteiger charge is 2.27. The van der Waals surface area contributed by atoms with Crippen molar-refractivity contribution in [1.82, 2.24) is 4.72 Å². The molecule has 21 heavy (non-hydrogen) atoms. The number of hydrogen-bond donors (Lipinski definition) is 3. The molecule has 1 atom stereocenters. The maximum atomic E-state index is 13.9. The maximum Gasteiger partial charge on any atom is 0.321 e. The molecule has 0 bridgehead atoms. The molecule has 0 aliphatic carbocycles. The van der Waals surface area contributed by atoms with Gasteiger partial charge in [-0.3, -0.25) is 9.59 Å². The van der Waals surface area contributed by atoms with E-state index in [1.807, 2.05) is 4.72 Å². The summed E-state index contributed by atoms with van der Waals surface area (Å²) in [5.74, 6) is -2.69. The van der Waals surface area contributed by atoms with Crippen molar-refractivity contribution < 1.29 is 27.5 Å². The van der Waals surface area contributed by atoms with Gasteiger partial charge in [0.15, 0.2) is 0 Å². The number of halogens is 1. The van der Waals surface area contributed by atoms with Crippen LogP contribution in [0.3, 0.4) is 0 Å². The van der Waals surface area contributed by atoms with Crippen LogP contribution in [0.15, 0.2) is 17.0 Å². The molecule has 7 nitrogen and oxygen atoms in total. The second kappa shape index (κ2) is 5.41. The van der Waals surface area contributed by atoms with Gasteiger partial charge in [-0.2, -0.15) is 4.72 Å². The standard InChI is InChI=1S/C12H13FN2O5S/c1-6(12(17)18)15-21(19,20)10-4-7-2-3-11(16)14-9(7)5-8(10)13/h4-6,15H,2-3H2,1H3,(H,14,16)(H,17,18)/t6-/m0/s1. The Morgan fingerprint density at radius 1 is 1.43 bits per heavy atom. The number of hydrogen-bond acceptors (Lipinski definition) is 4. The third-order valence-corrected chi connectivity index (χ3v) is 4.60. The largest absolute Gasteiger partial charge is 0.480 e. The molecule has 0 aromatic heterocycles. The fourth-order valence-electron chi connectivity index (χ4n) is 1.93. The molecule has 1 aliphatic rings. The van der Waals surface area contributed by atoms with Crippen LogP contribution >= 0.6 is 0 Å². The zero-order valence-corrected chi connectivity index (χ0v) is 11.8. The van der Waals surface area contributed by atoms with Crippen LogP contribution in [0.25, 0.3) is 0 Å². The molecular weight excluding hydrogens is 303 g/mol. The van der Waals surface area contributed by atoms with Crippen LogP contribution in [0.1, 0.15) is 18.9 Å². The monoisotopic (exact) mass is 316 g/mol. The van der Waals surface area contributed by atoms with Crippen molar-refractivity contribution in [3.63, 3.8) is 0 Å². The average Bonchev–Trinajstić information content (AvgIpc) is 2.36. The van der Waals surface area contributed by atoms with Gasteiger partial charge < -0.3 is 10.4 Å². The SMILES string of the molecule is C[C@H](NS(=O)(=O)c1cc2c(cc1F)NC(=O)CC2)C(=O)O. The molecule has 1 amide bonds. The first-order valence-electron chi connectivity index (χ1n) is 6.08. The predicted molar refractivity (Wildman–Crippen MR) is 70.8 cm³/mol. The normalized spacial score (nSPS) is 16.0. The number of anilines is 1. The quantitative estimate of drug-likeness (QED) is 0.747. The van der Waals surface area contributed by atoms with Gasteiger partial charge in [0.2, 0.25) is 15.9 Å². The van der Waals surface area contributed by atoms with Gasteiger partial charge in [-0.1, -0.05) is 0 Å². The number of benzene rings is 1. The van der Waals surface area contributed by atoms with Gasteiger partial charge >= 0.3 is 5.97 Å². The molecule has 1 aliphatic heterocycles. The number of aryl methyl sites for hydroxylation is 1. The number of carboxylic acids is 1. The Labute approximate surface area is 120 Å². The highest BCUT2D eigenvalue weighted by Crippen LogP contribution is 2.28. The number of carbonyl (C=O) groups excluding carboxylic acids is 1. The Hall–Kier alpha value is -2.00. The maximum absolute atomic E-state index is 13.9. The molecule has 0 saturated carbocycles. The summed E-state index contributed by atoms with van der Waals surface area (Å²) < 4.78 is 39.8. The summed E-state index contributed by atoms with van der Waals surface area (Å²) in [6.45, 7) is 1.14. The molecule has 0 unspecified atom stereocenters. The van der Waals surface area contributed by atoms with Crippen LogP contribution in [0, 0.1) is 5.82 Å². The lowest BCUT2D eigenvalue weighted by atomic mass is 10.0. The number of carbonyl (C=O) groups is 2. The smallest absolute Gasteiger partial charge is 0.321 e. The first-order chi connectivity index (χ1) is 9.70. The van der Waals surface area contributed by atoms with Gasteiger partial charge in [0, 0.05) is 12.1 Å². The Bertz CT molecular complexity index is 717. The third-order valence-electron chi connectivity index (χ3n) is 3.05. The predicted octanol–water partition coefficient (Wildman–Crippen LogP) is 0.462. The van der Waals surface area contributed by atoms with Gasteiger partial charge in [0.1, 0.15) is 16.8 Å². The van der Waals surface area contributed by atoms with E-state index in [1.165, 1.54) is 0 Å². The van der Waals surface area contributed by atoms with Crippen molar-refractivity contribution in [2.24, 2.45) is 0 Å². The Kier molecular flexibility index (Phi) is 3.97. The van der Waals surface area contributed by atoms with E-state index >= 15 is 0 Å². The van der Waals surface area contributed by atoms with Crippen molar-refractivity contribution in [2.75, 3.05) is 5.32 Å². The highest BCUT2D eigenvalue weighted by molar-refractivity contribution is 7.89. The summed E-state index contributed by atoms with van der Waals surface area (Å²) in [5, 5.41) is 11.2.